The van der Waals surface area contributed by atoms with Gasteiger partial charge in [-0.2, -0.15) is 4.98 Å². The maximum atomic E-state index is 6.08. The SMILES string of the molecule is Cc1ccc(Oc2cc(C)nc(NN)n2)c(Cl)c1. The van der Waals surface area contributed by atoms with Gasteiger partial charge in [0, 0.05) is 11.8 Å². The monoisotopic (exact) mass is 264 g/mol. The number of anilines is 1. The molecule has 0 bridgehead atoms. The molecule has 0 radical (unpaired) electrons. The highest BCUT2D eigenvalue weighted by molar-refractivity contribution is 6.32. The molecule has 0 atom stereocenters. The summed E-state index contributed by atoms with van der Waals surface area (Å²) in [4.78, 5) is 8.15. The van der Waals surface area contributed by atoms with Crippen molar-refractivity contribution >= 4 is 17.5 Å². The molecule has 0 unspecified atom stereocenters. The molecular weight excluding hydrogens is 252 g/mol. The first-order valence-electron chi connectivity index (χ1n) is 5.35. The molecule has 94 valence electrons. The zero-order valence-electron chi connectivity index (χ0n) is 10.1. The van der Waals surface area contributed by atoms with Crippen LogP contribution in [-0.4, -0.2) is 9.97 Å². The Bertz CT molecular complexity index is 574. The number of aryl methyl sites for hydroxylation is 2. The fourth-order valence-electron chi connectivity index (χ4n) is 1.46. The van der Waals surface area contributed by atoms with E-state index in [0.717, 1.165) is 11.3 Å². The number of nitrogens with one attached hydrogen (secondary N) is 1. The fraction of sp³-hybridized carbons (Fsp3) is 0.167. The summed E-state index contributed by atoms with van der Waals surface area (Å²) in [5, 5.41) is 0.536. The molecule has 1 aromatic carbocycles. The van der Waals surface area contributed by atoms with Crippen LogP contribution in [-0.2, 0) is 0 Å². The van der Waals surface area contributed by atoms with Crippen molar-refractivity contribution in [1.29, 1.82) is 0 Å². The molecule has 0 fully saturated rings. The fourth-order valence-corrected chi connectivity index (χ4v) is 1.73. The largest absolute Gasteiger partial charge is 0.437 e. The van der Waals surface area contributed by atoms with Crippen molar-refractivity contribution < 1.29 is 4.74 Å². The Kier molecular flexibility index (Phi) is 3.64. The van der Waals surface area contributed by atoms with E-state index < -0.39 is 0 Å². The van der Waals surface area contributed by atoms with Crippen LogP contribution in [0.5, 0.6) is 11.6 Å². The summed E-state index contributed by atoms with van der Waals surface area (Å²) in [6, 6.07) is 7.24. The molecule has 6 heteroatoms. The van der Waals surface area contributed by atoms with Crippen LogP contribution in [0.2, 0.25) is 5.02 Å². The number of hydrazine groups is 1. The minimum Gasteiger partial charge on any atom is -0.437 e. The number of halogens is 1. The van der Waals surface area contributed by atoms with E-state index in [2.05, 4.69) is 15.4 Å². The van der Waals surface area contributed by atoms with Crippen LogP contribution in [0.25, 0.3) is 0 Å². The van der Waals surface area contributed by atoms with Gasteiger partial charge in [0.2, 0.25) is 11.8 Å². The second kappa shape index (κ2) is 5.20. The van der Waals surface area contributed by atoms with Crippen molar-refractivity contribution in [2.45, 2.75) is 13.8 Å². The molecule has 2 aromatic rings. The number of nitrogens with two attached hydrogens (primary N) is 1. The van der Waals surface area contributed by atoms with Gasteiger partial charge in [0.25, 0.3) is 0 Å². The topological polar surface area (TPSA) is 73.1 Å². The van der Waals surface area contributed by atoms with Crippen molar-refractivity contribution in [1.82, 2.24) is 9.97 Å². The Hall–Kier alpha value is -1.85. The summed E-state index contributed by atoms with van der Waals surface area (Å²) in [5.41, 5.74) is 4.19. The van der Waals surface area contributed by atoms with E-state index in [1.54, 1.807) is 12.1 Å². The number of hydrogen-bond donors (Lipinski definition) is 2. The second-order valence-electron chi connectivity index (χ2n) is 3.85. The third-order valence-electron chi connectivity index (χ3n) is 2.26. The van der Waals surface area contributed by atoms with E-state index in [-0.39, 0.29) is 0 Å². The molecule has 0 aliphatic rings. The maximum absolute atomic E-state index is 6.08. The summed E-state index contributed by atoms with van der Waals surface area (Å²) in [6.45, 7) is 3.78. The molecule has 0 amide bonds. The van der Waals surface area contributed by atoms with Gasteiger partial charge in [-0.15, -0.1) is 0 Å². The molecule has 2 rings (SSSR count). The highest BCUT2D eigenvalue weighted by Crippen LogP contribution is 2.29. The first-order chi connectivity index (χ1) is 8.58. The Morgan fingerprint density at radius 2 is 2.00 bits per heavy atom. The minimum absolute atomic E-state index is 0.299. The van der Waals surface area contributed by atoms with Crippen molar-refractivity contribution in [3.05, 3.63) is 40.5 Å². The molecule has 0 saturated carbocycles. The number of aromatic nitrogens is 2. The van der Waals surface area contributed by atoms with Crippen LogP contribution in [0.3, 0.4) is 0 Å². The van der Waals surface area contributed by atoms with Crippen LogP contribution >= 0.6 is 11.6 Å². The molecule has 5 nitrogen and oxygen atoms in total. The van der Waals surface area contributed by atoms with E-state index in [1.165, 1.54) is 0 Å². The second-order valence-corrected chi connectivity index (χ2v) is 4.26. The standard InChI is InChI=1S/C12H13ClN4O/c1-7-3-4-10(9(13)5-7)18-11-6-8(2)15-12(16-11)17-14/h3-6H,14H2,1-2H3,(H,15,16,17). The normalized spacial score (nSPS) is 10.2. The third-order valence-corrected chi connectivity index (χ3v) is 2.56. The number of benzene rings is 1. The first kappa shape index (κ1) is 12.6. The zero-order valence-corrected chi connectivity index (χ0v) is 10.8. The summed E-state index contributed by atoms with van der Waals surface area (Å²) in [6.07, 6.45) is 0. The average molecular weight is 265 g/mol. The molecule has 0 spiro atoms. The summed E-state index contributed by atoms with van der Waals surface area (Å²) in [7, 11) is 0. The lowest BCUT2D eigenvalue weighted by atomic mass is 10.2. The Balaban J connectivity index is 2.30. The predicted octanol–water partition coefficient (Wildman–Crippen LogP) is 2.82. The Labute approximate surface area is 110 Å². The lowest BCUT2D eigenvalue weighted by molar-refractivity contribution is 0.461. The van der Waals surface area contributed by atoms with Crippen molar-refractivity contribution in [3.63, 3.8) is 0 Å². The predicted molar refractivity (Wildman–Crippen MR) is 70.8 cm³/mol. The number of nitrogen functional groups attached to an aromatic ring is 1. The van der Waals surface area contributed by atoms with E-state index in [4.69, 9.17) is 22.2 Å². The van der Waals surface area contributed by atoms with Gasteiger partial charge in [-0.1, -0.05) is 17.7 Å². The molecule has 1 aromatic heterocycles. The number of hydrogen-bond acceptors (Lipinski definition) is 5. The van der Waals surface area contributed by atoms with E-state index in [9.17, 15) is 0 Å². The van der Waals surface area contributed by atoms with Crippen LogP contribution in [0.1, 0.15) is 11.3 Å². The smallest absolute Gasteiger partial charge is 0.240 e. The molecular formula is C12H13ClN4O. The third kappa shape index (κ3) is 2.88. The molecule has 18 heavy (non-hydrogen) atoms. The van der Waals surface area contributed by atoms with Gasteiger partial charge in [-0.05, 0) is 31.5 Å². The highest BCUT2D eigenvalue weighted by atomic mass is 35.5. The Morgan fingerprint density at radius 1 is 1.22 bits per heavy atom. The molecule has 0 aliphatic heterocycles. The minimum atomic E-state index is 0.299. The molecule has 1 heterocycles. The summed E-state index contributed by atoms with van der Waals surface area (Å²) >= 11 is 6.08. The van der Waals surface area contributed by atoms with Crippen LogP contribution < -0.4 is 16.0 Å². The van der Waals surface area contributed by atoms with Crippen LogP contribution in [0.15, 0.2) is 24.3 Å². The highest BCUT2D eigenvalue weighted by Gasteiger charge is 2.06. The summed E-state index contributed by atoms with van der Waals surface area (Å²) < 4.78 is 5.61. The molecule has 0 aliphatic carbocycles. The van der Waals surface area contributed by atoms with Gasteiger partial charge < -0.3 is 4.74 Å². The summed E-state index contributed by atoms with van der Waals surface area (Å²) in [5.74, 6) is 6.51. The van der Waals surface area contributed by atoms with E-state index in [0.29, 0.717) is 22.6 Å². The molecule has 0 saturated heterocycles. The van der Waals surface area contributed by atoms with Gasteiger partial charge in [0.15, 0.2) is 0 Å². The van der Waals surface area contributed by atoms with Crippen LogP contribution in [0, 0.1) is 13.8 Å². The van der Waals surface area contributed by atoms with E-state index in [1.807, 2.05) is 26.0 Å². The lowest BCUT2D eigenvalue weighted by Gasteiger charge is -2.09. The van der Waals surface area contributed by atoms with Crippen molar-refractivity contribution in [2.24, 2.45) is 5.84 Å². The molecule has 3 N–H and O–H groups in total. The van der Waals surface area contributed by atoms with Gasteiger partial charge in [0.05, 0.1) is 5.02 Å². The van der Waals surface area contributed by atoms with Crippen molar-refractivity contribution in [2.75, 3.05) is 5.43 Å². The van der Waals surface area contributed by atoms with Crippen LogP contribution in [0.4, 0.5) is 5.95 Å². The quantitative estimate of drug-likeness (QED) is 0.659. The van der Waals surface area contributed by atoms with Gasteiger partial charge in [0.1, 0.15) is 5.75 Å². The van der Waals surface area contributed by atoms with Gasteiger partial charge in [-0.25, -0.2) is 10.8 Å². The number of nitrogens with zero attached hydrogens (tertiary/aromatic N) is 2. The number of rotatable bonds is 3. The number of ether oxygens (including phenoxy) is 1. The Morgan fingerprint density at radius 3 is 2.67 bits per heavy atom. The van der Waals surface area contributed by atoms with Gasteiger partial charge >= 0.3 is 0 Å². The maximum Gasteiger partial charge on any atom is 0.240 e. The zero-order chi connectivity index (χ0) is 13.1. The first-order valence-corrected chi connectivity index (χ1v) is 5.72. The van der Waals surface area contributed by atoms with E-state index >= 15 is 0 Å². The lowest BCUT2D eigenvalue weighted by Crippen LogP contribution is -2.11. The van der Waals surface area contributed by atoms with Crippen molar-refractivity contribution in [3.8, 4) is 11.6 Å². The van der Waals surface area contributed by atoms with Gasteiger partial charge in [-0.3, -0.25) is 5.43 Å². The average Bonchev–Trinajstić information content (AvgIpc) is 2.32.